The number of hydrogen-bond donors (Lipinski definition) is 1. The second-order valence-electron chi connectivity index (χ2n) is 7.18. The van der Waals surface area contributed by atoms with Crippen LogP contribution in [0.3, 0.4) is 0 Å². The predicted molar refractivity (Wildman–Crippen MR) is 116 cm³/mol. The van der Waals surface area contributed by atoms with E-state index in [-0.39, 0.29) is 23.3 Å². The highest BCUT2D eigenvalue weighted by Gasteiger charge is 2.35. The van der Waals surface area contributed by atoms with Gasteiger partial charge in [-0.2, -0.15) is 0 Å². The maximum atomic E-state index is 12.8. The van der Waals surface area contributed by atoms with Gasteiger partial charge < -0.3 is 10.1 Å². The van der Waals surface area contributed by atoms with Gasteiger partial charge >= 0.3 is 0 Å². The van der Waals surface area contributed by atoms with Crippen molar-refractivity contribution in [1.29, 1.82) is 0 Å². The van der Waals surface area contributed by atoms with Crippen molar-refractivity contribution < 1.29 is 19.1 Å². The third-order valence-corrected chi connectivity index (χ3v) is 5.10. The Bertz CT molecular complexity index is 1100. The van der Waals surface area contributed by atoms with Crippen LogP contribution in [0.2, 0.25) is 0 Å². The van der Waals surface area contributed by atoms with E-state index < -0.39 is 0 Å². The Morgan fingerprint density at radius 1 is 0.839 bits per heavy atom. The van der Waals surface area contributed by atoms with E-state index in [4.69, 9.17) is 4.74 Å². The molecule has 0 bridgehead atoms. The van der Waals surface area contributed by atoms with Crippen LogP contribution in [0.5, 0.6) is 5.75 Å². The Morgan fingerprint density at radius 3 is 2.26 bits per heavy atom. The van der Waals surface area contributed by atoms with Crippen molar-refractivity contribution in [3.63, 3.8) is 0 Å². The number of ether oxygens (including phenoxy) is 1. The normalized spacial score (nSPS) is 12.6. The van der Waals surface area contributed by atoms with Crippen LogP contribution in [-0.2, 0) is 6.42 Å². The summed E-state index contributed by atoms with van der Waals surface area (Å²) in [4.78, 5) is 39.1. The van der Waals surface area contributed by atoms with Gasteiger partial charge in [-0.1, -0.05) is 48.5 Å². The van der Waals surface area contributed by atoms with Gasteiger partial charge in [0.15, 0.2) is 0 Å². The second-order valence-corrected chi connectivity index (χ2v) is 7.18. The Labute approximate surface area is 180 Å². The van der Waals surface area contributed by atoms with Gasteiger partial charge in [0, 0.05) is 12.1 Å². The van der Waals surface area contributed by atoms with Crippen molar-refractivity contribution in [2.24, 2.45) is 0 Å². The van der Waals surface area contributed by atoms with Gasteiger partial charge in [0.2, 0.25) is 0 Å². The number of benzene rings is 3. The zero-order valence-corrected chi connectivity index (χ0v) is 16.9. The molecule has 0 saturated carbocycles. The number of rotatable bonds is 8. The highest BCUT2D eigenvalue weighted by molar-refractivity contribution is 6.22. The average molecular weight is 414 g/mol. The summed E-state index contributed by atoms with van der Waals surface area (Å²) in [6.45, 7) is 0.945. The molecule has 6 nitrogen and oxygen atoms in total. The molecule has 3 amide bonds. The highest BCUT2D eigenvalue weighted by atomic mass is 16.5. The van der Waals surface area contributed by atoms with E-state index in [1.165, 1.54) is 11.0 Å². The molecule has 0 aliphatic carbocycles. The maximum Gasteiger partial charge on any atom is 0.261 e. The first-order chi connectivity index (χ1) is 15.1. The molecule has 0 atom stereocenters. The number of fused-ring (bicyclic) bond motifs is 1. The minimum atomic E-state index is -0.363. The van der Waals surface area contributed by atoms with Gasteiger partial charge in [0.05, 0.1) is 17.7 Å². The Balaban J connectivity index is 1.35. The van der Waals surface area contributed by atoms with Gasteiger partial charge in [-0.25, -0.2) is 0 Å². The molecule has 1 aliphatic heterocycles. The predicted octanol–water partition coefficient (Wildman–Crippen LogP) is 3.33. The monoisotopic (exact) mass is 414 g/mol. The minimum Gasteiger partial charge on any atom is -0.492 e. The lowest BCUT2D eigenvalue weighted by Crippen LogP contribution is -2.31. The SMILES string of the molecule is O=C(NCCOc1ccccc1)c1ccc2c(c1)C(=O)N(CCc1ccccc1)C2=O. The maximum absolute atomic E-state index is 12.8. The number of nitrogens with one attached hydrogen (secondary N) is 1. The van der Waals surface area contributed by atoms with Crippen LogP contribution in [-0.4, -0.2) is 42.3 Å². The molecule has 1 aliphatic rings. The van der Waals surface area contributed by atoms with Crippen molar-refractivity contribution in [2.45, 2.75) is 6.42 Å². The summed E-state index contributed by atoms with van der Waals surface area (Å²) in [5.74, 6) is -0.270. The first-order valence-corrected chi connectivity index (χ1v) is 10.1. The number of hydrogen-bond acceptors (Lipinski definition) is 4. The van der Waals surface area contributed by atoms with Gasteiger partial charge in [0.1, 0.15) is 12.4 Å². The first kappa shape index (κ1) is 20.3. The summed E-state index contributed by atoms with van der Waals surface area (Å²) >= 11 is 0. The molecule has 4 rings (SSSR count). The van der Waals surface area contributed by atoms with Gasteiger partial charge in [-0.3, -0.25) is 19.3 Å². The standard InChI is InChI=1S/C25H22N2O4/c28-23(26-14-16-31-20-9-5-2-6-10-20)19-11-12-21-22(17-19)25(30)27(24(21)29)15-13-18-7-3-1-4-8-18/h1-12,17H,13-16H2,(H,26,28). The van der Waals surface area contributed by atoms with Crippen LogP contribution in [0.4, 0.5) is 0 Å². The van der Waals surface area contributed by atoms with E-state index in [1.54, 1.807) is 12.1 Å². The molecule has 6 heteroatoms. The van der Waals surface area contributed by atoms with E-state index in [9.17, 15) is 14.4 Å². The average Bonchev–Trinajstić information content (AvgIpc) is 3.05. The smallest absolute Gasteiger partial charge is 0.261 e. The fraction of sp³-hybridized carbons (Fsp3) is 0.160. The number of nitrogens with zero attached hydrogens (tertiary/aromatic N) is 1. The first-order valence-electron chi connectivity index (χ1n) is 10.1. The van der Waals surface area contributed by atoms with E-state index >= 15 is 0 Å². The van der Waals surface area contributed by atoms with E-state index in [1.807, 2.05) is 60.7 Å². The molecule has 0 aromatic heterocycles. The number of amides is 3. The second kappa shape index (κ2) is 9.26. The quantitative estimate of drug-likeness (QED) is 0.453. The summed E-state index contributed by atoms with van der Waals surface area (Å²) in [6.07, 6.45) is 0.584. The van der Waals surface area contributed by atoms with E-state index in [2.05, 4.69) is 5.32 Å². The van der Waals surface area contributed by atoms with Crippen molar-refractivity contribution in [3.8, 4) is 5.75 Å². The molecule has 0 radical (unpaired) electrons. The van der Waals surface area contributed by atoms with Crippen LogP contribution in [0.1, 0.15) is 36.6 Å². The molecular weight excluding hydrogens is 392 g/mol. The van der Waals surface area contributed by atoms with Crippen molar-refractivity contribution >= 4 is 17.7 Å². The van der Waals surface area contributed by atoms with Crippen LogP contribution >= 0.6 is 0 Å². The fourth-order valence-electron chi connectivity index (χ4n) is 3.47. The van der Waals surface area contributed by atoms with Crippen molar-refractivity contribution in [3.05, 3.63) is 101 Å². The van der Waals surface area contributed by atoms with Crippen LogP contribution in [0.25, 0.3) is 0 Å². The largest absolute Gasteiger partial charge is 0.492 e. The van der Waals surface area contributed by atoms with Crippen LogP contribution in [0, 0.1) is 0 Å². The summed E-state index contributed by atoms with van der Waals surface area (Å²) in [5.41, 5.74) is 2.00. The molecule has 1 heterocycles. The lowest BCUT2D eigenvalue weighted by molar-refractivity contribution is 0.0656. The lowest BCUT2D eigenvalue weighted by atomic mass is 10.1. The molecule has 0 unspecified atom stereocenters. The zero-order chi connectivity index (χ0) is 21.6. The molecular formula is C25H22N2O4. The van der Waals surface area contributed by atoms with Crippen LogP contribution < -0.4 is 10.1 Å². The summed E-state index contributed by atoms with van der Waals surface area (Å²) in [7, 11) is 0. The molecule has 1 N–H and O–H groups in total. The molecule has 0 saturated heterocycles. The third-order valence-electron chi connectivity index (χ3n) is 5.10. The molecule has 156 valence electrons. The number of imide groups is 1. The highest BCUT2D eigenvalue weighted by Crippen LogP contribution is 2.24. The molecule has 3 aromatic rings. The molecule has 0 fully saturated rings. The van der Waals surface area contributed by atoms with Crippen molar-refractivity contribution in [1.82, 2.24) is 10.2 Å². The van der Waals surface area contributed by atoms with E-state index in [0.29, 0.717) is 37.2 Å². The summed E-state index contributed by atoms with van der Waals surface area (Å²) in [5, 5.41) is 2.77. The molecule has 0 spiro atoms. The Morgan fingerprint density at radius 2 is 1.52 bits per heavy atom. The topological polar surface area (TPSA) is 75.7 Å². The third kappa shape index (κ3) is 4.64. The zero-order valence-electron chi connectivity index (χ0n) is 16.9. The van der Waals surface area contributed by atoms with Gasteiger partial charge in [-0.05, 0) is 42.3 Å². The molecule has 3 aromatic carbocycles. The number of para-hydroxylation sites is 1. The number of carbonyl (C=O) groups is 3. The van der Waals surface area contributed by atoms with Crippen molar-refractivity contribution in [2.75, 3.05) is 19.7 Å². The van der Waals surface area contributed by atoms with E-state index in [0.717, 1.165) is 11.3 Å². The fourth-order valence-corrected chi connectivity index (χ4v) is 3.47. The summed E-state index contributed by atoms with van der Waals surface area (Å²) in [6, 6.07) is 23.6. The van der Waals surface area contributed by atoms with Crippen LogP contribution in [0.15, 0.2) is 78.9 Å². The Kier molecular flexibility index (Phi) is 6.08. The lowest BCUT2D eigenvalue weighted by Gasteiger charge is -2.13. The Hall–Kier alpha value is -3.93. The van der Waals surface area contributed by atoms with Gasteiger partial charge in [-0.15, -0.1) is 0 Å². The summed E-state index contributed by atoms with van der Waals surface area (Å²) < 4.78 is 5.55. The number of carbonyl (C=O) groups excluding carboxylic acids is 3. The minimum absolute atomic E-state index is 0.270. The van der Waals surface area contributed by atoms with Gasteiger partial charge in [0.25, 0.3) is 17.7 Å². The molecule has 31 heavy (non-hydrogen) atoms.